The molecule has 2 atom stereocenters. The molecule has 1 aromatic heterocycles. The number of aliphatic imine (C=N–C) groups is 1. The van der Waals surface area contributed by atoms with Crippen LogP contribution in [0.5, 0.6) is 0 Å². The summed E-state index contributed by atoms with van der Waals surface area (Å²) in [6.45, 7) is 7.54. The molecule has 0 radical (unpaired) electrons. The van der Waals surface area contributed by atoms with Crippen molar-refractivity contribution >= 4 is 41.3 Å². The van der Waals surface area contributed by atoms with Crippen LogP contribution in [-0.4, -0.2) is 57.3 Å². The average Bonchev–Trinajstić information content (AvgIpc) is 3.25. The van der Waals surface area contributed by atoms with E-state index in [1.165, 1.54) is 10.4 Å². The Morgan fingerprint density at radius 2 is 1.83 bits per heavy atom. The largest absolute Gasteiger partial charge is 0.379 e. The first-order valence-electron chi connectivity index (χ1n) is 10.1. The van der Waals surface area contributed by atoms with Crippen LogP contribution >= 0.6 is 35.3 Å². The monoisotopic (exact) mass is 528 g/mol. The smallest absolute Gasteiger partial charge is 0.191 e. The molecule has 2 N–H and O–H groups in total. The van der Waals surface area contributed by atoms with E-state index in [1.807, 2.05) is 18.4 Å². The van der Waals surface area contributed by atoms with Gasteiger partial charge < -0.3 is 15.4 Å². The minimum absolute atomic E-state index is 0. The Kier molecular flexibility index (Phi) is 11.0. The maximum atomic E-state index is 5.54. The van der Waals surface area contributed by atoms with Gasteiger partial charge in [-0.25, -0.2) is 0 Å². The first kappa shape index (κ1) is 24.1. The Balaban J connectivity index is 0.00000300. The van der Waals surface area contributed by atoms with Crippen LogP contribution in [0.1, 0.15) is 23.4 Å². The fourth-order valence-corrected chi connectivity index (χ4v) is 4.42. The highest BCUT2D eigenvalue weighted by molar-refractivity contribution is 14.0. The van der Waals surface area contributed by atoms with E-state index in [0.29, 0.717) is 12.0 Å². The van der Waals surface area contributed by atoms with Gasteiger partial charge in [0.1, 0.15) is 0 Å². The van der Waals surface area contributed by atoms with E-state index in [1.54, 1.807) is 0 Å². The van der Waals surface area contributed by atoms with E-state index in [4.69, 9.17) is 4.74 Å². The van der Waals surface area contributed by atoms with Gasteiger partial charge in [-0.3, -0.25) is 9.89 Å². The Hall–Kier alpha value is -1.16. The van der Waals surface area contributed by atoms with Gasteiger partial charge in [-0.2, -0.15) is 0 Å². The van der Waals surface area contributed by atoms with Crippen molar-refractivity contribution in [3.63, 3.8) is 0 Å². The number of ether oxygens (including phenoxy) is 1. The van der Waals surface area contributed by atoms with Crippen molar-refractivity contribution in [2.75, 3.05) is 46.4 Å². The molecule has 2 unspecified atom stereocenters. The molecule has 1 saturated heterocycles. The summed E-state index contributed by atoms with van der Waals surface area (Å²) in [5, 5.41) is 9.17. The van der Waals surface area contributed by atoms with Crippen LogP contribution in [0.15, 0.2) is 52.8 Å². The molecule has 0 amide bonds. The fraction of sp³-hybridized carbons (Fsp3) is 0.500. The van der Waals surface area contributed by atoms with Crippen molar-refractivity contribution in [2.24, 2.45) is 10.9 Å². The summed E-state index contributed by atoms with van der Waals surface area (Å²) < 4.78 is 5.54. The van der Waals surface area contributed by atoms with Gasteiger partial charge >= 0.3 is 0 Å². The van der Waals surface area contributed by atoms with Crippen LogP contribution in [-0.2, 0) is 11.2 Å². The van der Waals surface area contributed by atoms with Crippen molar-refractivity contribution in [2.45, 2.75) is 19.4 Å². The number of hydrogen-bond acceptors (Lipinski definition) is 4. The Morgan fingerprint density at radius 3 is 2.48 bits per heavy atom. The molecule has 1 fully saturated rings. The van der Waals surface area contributed by atoms with Gasteiger partial charge in [0.05, 0.1) is 19.3 Å². The fourth-order valence-electron chi connectivity index (χ4n) is 3.55. The number of rotatable bonds is 8. The lowest BCUT2D eigenvalue weighted by Gasteiger charge is -2.35. The van der Waals surface area contributed by atoms with Crippen LogP contribution in [0.25, 0.3) is 0 Å². The quantitative estimate of drug-likeness (QED) is 0.311. The molecule has 0 aliphatic carbocycles. The normalized spacial score (nSPS) is 17.2. The van der Waals surface area contributed by atoms with Crippen molar-refractivity contribution in [1.29, 1.82) is 0 Å². The first-order chi connectivity index (χ1) is 13.8. The van der Waals surface area contributed by atoms with Crippen molar-refractivity contribution in [3.8, 4) is 0 Å². The van der Waals surface area contributed by atoms with E-state index in [-0.39, 0.29) is 24.0 Å². The minimum Gasteiger partial charge on any atom is -0.379 e. The third-order valence-electron chi connectivity index (χ3n) is 5.10. The van der Waals surface area contributed by atoms with Crippen LogP contribution < -0.4 is 10.6 Å². The van der Waals surface area contributed by atoms with Gasteiger partial charge in [0, 0.05) is 38.1 Å². The van der Waals surface area contributed by atoms with E-state index in [0.717, 1.165) is 51.8 Å². The SMILES string of the molecule is CN=C(NCC(C)Cc1cccs1)NCC(c1ccccc1)N1CCOCC1.I. The zero-order chi connectivity index (χ0) is 19.6. The predicted octanol–water partition coefficient (Wildman–Crippen LogP) is 3.78. The number of nitrogens with one attached hydrogen (secondary N) is 2. The summed E-state index contributed by atoms with van der Waals surface area (Å²) >= 11 is 1.83. The molecule has 1 aliphatic heterocycles. The highest BCUT2D eigenvalue weighted by Crippen LogP contribution is 2.21. The highest BCUT2D eigenvalue weighted by Gasteiger charge is 2.22. The predicted molar refractivity (Wildman–Crippen MR) is 134 cm³/mol. The summed E-state index contributed by atoms with van der Waals surface area (Å²) in [5.74, 6) is 1.42. The molecular weight excluding hydrogens is 495 g/mol. The van der Waals surface area contributed by atoms with Gasteiger partial charge in [0.15, 0.2) is 5.96 Å². The second-order valence-corrected chi connectivity index (χ2v) is 8.33. The number of guanidine groups is 1. The molecule has 0 saturated carbocycles. The van der Waals surface area contributed by atoms with Gasteiger partial charge in [-0.05, 0) is 29.3 Å². The van der Waals surface area contributed by atoms with Crippen molar-refractivity contribution < 1.29 is 4.74 Å². The molecule has 160 valence electrons. The van der Waals surface area contributed by atoms with E-state index < -0.39 is 0 Å². The summed E-state index contributed by atoms with van der Waals surface area (Å²) in [6.07, 6.45) is 1.10. The zero-order valence-corrected chi connectivity index (χ0v) is 20.5. The number of thiophene rings is 1. The molecule has 0 bridgehead atoms. The molecule has 29 heavy (non-hydrogen) atoms. The van der Waals surface area contributed by atoms with Gasteiger partial charge in [-0.15, -0.1) is 35.3 Å². The minimum atomic E-state index is 0. The summed E-state index contributed by atoms with van der Waals surface area (Å²) in [6, 6.07) is 15.4. The molecule has 5 nitrogen and oxygen atoms in total. The Labute approximate surface area is 196 Å². The maximum Gasteiger partial charge on any atom is 0.191 e. The van der Waals surface area contributed by atoms with Crippen LogP contribution in [0, 0.1) is 5.92 Å². The number of benzene rings is 1. The van der Waals surface area contributed by atoms with Gasteiger partial charge in [0.25, 0.3) is 0 Å². The lowest BCUT2D eigenvalue weighted by atomic mass is 10.0. The van der Waals surface area contributed by atoms with Gasteiger partial charge in [-0.1, -0.05) is 43.3 Å². The molecule has 7 heteroatoms. The number of morpholine rings is 1. The standard InChI is InChI=1S/C22H32N4OS.HI/c1-18(15-20-9-6-14-28-20)16-24-22(23-2)25-17-21(19-7-4-3-5-8-19)26-10-12-27-13-11-26;/h3-9,14,18,21H,10-13,15-17H2,1-2H3,(H2,23,24,25);1H. The molecule has 1 aromatic carbocycles. The molecular formula is C22H33IN4OS. The number of halogens is 1. The van der Waals surface area contributed by atoms with E-state index in [9.17, 15) is 0 Å². The third kappa shape index (κ3) is 7.88. The average molecular weight is 529 g/mol. The summed E-state index contributed by atoms with van der Waals surface area (Å²) in [7, 11) is 1.84. The van der Waals surface area contributed by atoms with E-state index >= 15 is 0 Å². The Morgan fingerprint density at radius 1 is 1.10 bits per heavy atom. The van der Waals surface area contributed by atoms with Gasteiger partial charge in [0.2, 0.25) is 0 Å². The lowest BCUT2D eigenvalue weighted by molar-refractivity contribution is 0.0170. The highest BCUT2D eigenvalue weighted by atomic mass is 127. The molecule has 2 aromatic rings. The lowest BCUT2D eigenvalue weighted by Crippen LogP contribution is -2.46. The number of nitrogens with zero attached hydrogens (tertiary/aromatic N) is 2. The topological polar surface area (TPSA) is 48.9 Å². The second kappa shape index (κ2) is 13.2. The number of hydrogen-bond donors (Lipinski definition) is 2. The van der Waals surface area contributed by atoms with Crippen molar-refractivity contribution in [1.82, 2.24) is 15.5 Å². The zero-order valence-electron chi connectivity index (χ0n) is 17.3. The Bertz CT molecular complexity index is 705. The van der Waals surface area contributed by atoms with Crippen LogP contribution in [0.3, 0.4) is 0 Å². The maximum absolute atomic E-state index is 5.54. The third-order valence-corrected chi connectivity index (χ3v) is 6.00. The summed E-state index contributed by atoms with van der Waals surface area (Å²) in [4.78, 5) is 8.36. The van der Waals surface area contributed by atoms with Crippen LogP contribution in [0.4, 0.5) is 0 Å². The second-order valence-electron chi connectivity index (χ2n) is 7.30. The van der Waals surface area contributed by atoms with Crippen molar-refractivity contribution in [3.05, 3.63) is 58.3 Å². The summed E-state index contributed by atoms with van der Waals surface area (Å²) in [5.41, 5.74) is 1.33. The molecule has 1 aliphatic rings. The first-order valence-corrected chi connectivity index (χ1v) is 11.0. The molecule has 2 heterocycles. The van der Waals surface area contributed by atoms with E-state index in [2.05, 4.69) is 75.3 Å². The van der Waals surface area contributed by atoms with Crippen LogP contribution in [0.2, 0.25) is 0 Å². The molecule has 3 rings (SSSR count). The molecule has 0 spiro atoms.